The van der Waals surface area contributed by atoms with Gasteiger partial charge in [0.15, 0.2) is 5.69 Å². The number of rotatable bonds is 7. The molecule has 0 aliphatic rings. The van der Waals surface area contributed by atoms with E-state index in [0.717, 1.165) is 11.1 Å². The van der Waals surface area contributed by atoms with Crippen molar-refractivity contribution >= 4 is 33.7 Å². The fourth-order valence-electron chi connectivity index (χ4n) is 2.48. The van der Waals surface area contributed by atoms with Crippen molar-refractivity contribution in [3.05, 3.63) is 86.1 Å². The summed E-state index contributed by atoms with van der Waals surface area (Å²) in [6.45, 7) is 0.358. The Morgan fingerprint density at radius 1 is 1.34 bits per heavy atom. The molecule has 148 valence electrons. The van der Waals surface area contributed by atoms with Crippen LogP contribution in [0.15, 0.2) is 64.3 Å². The van der Waals surface area contributed by atoms with Crippen LogP contribution in [0.2, 0.25) is 0 Å². The highest BCUT2D eigenvalue weighted by Crippen LogP contribution is 2.17. The maximum absolute atomic E-state index is 12.3. The number of hydrazone groups is 1. The Balaban J connectivity index is 1.65. The first-order valence-electron chi connectivity index (χ1n) is 8.40. The molecule has 1 heterocycles. The Bertz CT molecular complexity index is 1060. The highest BCUT2D eigenvalue weighted by molar-refractivity contribution is 9.10. The zero-order chi connectivity index (χ0) is 20.8. The van der Waals surface area contributed by atoms with E-state index in [1.54, 1.807) is 36.2 Å². The molecule has 9 nitrogen and oxygen atoms in total. The molecule has 0 fully saturated rings. The Kier molecular flexibility index (Phi) is 6.35. The topological polar surface area (TPSA) is 112 Å². The number of methoxy groups -OCH3 is 1. The molecule has 0 atom stereocenters. The predicted molar refractivity (Wildman–Crippen MR) is 110 cm³/mol. The van der Waals surface area contributed by atoms with Gasteiger partial charge in [-0.25, -0.2) is 5.43 Å². The molecule has 0 radical (unpaired) electrons. The first-order chi connectivity index (χ1) is 14.0. The van der Waals surface area contributed by atoms with Crippen molar-refractivity contribution in [3.8, 4) is 5.75 Å². The highest BCUT2D eigenvalue weighted by atomic mass is 79.9. The Hall–Kier alpha value is -3.53. The van der Waals surface area contributed by atoms with Gasteiger partial charge in [0.1, 0.15) is 5.75 Å². The Labute approximate surface area is 174 Å². The Morgan fingerprint density at radius 3 is 2.79 bits per heavy atom. The predicted octanol–water partition coefficient (Wildman–Crippen LogP) is 3.37. The van der Waals surface area contributed by atoms with Crippen LogP contribution in [0, 0.1) is 10.1 Å². The number of hydrogen-bond acceptors (Lipinski definition) is 6. The molecule has 2 aromatic carbocycles. The van der Waals surface area contributed by atoms with E-state index < -0.39 is 10.8 Å². The van der Waals surface area contributed by atoms with Gasteiger partial charge < -0.3 is 4.74 Å². The van der Waals surface area contributed by atoms with Crippen LogP contribution < -0.4 is 10.2 Å². The molecule has 0 aliphatic carbocycles. The van der Waals surface area contributed by atoms with E-state index in [1.807, 2.05) is 18.2 Å². The van der Waals surface area contributed by atoms with Crippen LogP contribution in [0.5, 0.6) is 5.75 Å². The smallest absolute Gasteiger partial charge is 0.293 e. The third-order valence-electron chi connectivity index (χ3n) is 3.90. The molecule has 0 unspecified atom stereocenters. The molecule has 0 spiro atoms. The number of non-ortho nitro benzene ring substituents is 1. The molecular weight excluding hydrogens is 442 g/mol. The van der Waals surface area contributed by atoms with E-state index in [0.29, 0.717) is 16.8 Å². The van der Waals surface area contributed by atoms with Crippen molar-refractivity contribution in [2.75, 3.05) is 7.11 Å². The minimum Gasteiger partial charge on any atom is -0.497 e. The maximum atomic E-state index is 12.3. The molecule has 1 N–H and O–H groups in total. The largest absolute Gasteiger partial charge is 0.497 e. The molecule has 3 rings (SSSR count). The number of carbonyl (C=O) groups excluding carboxylic acids is 1. The van der Waals surface area contributed by atoms with E-state index in [2.05, 4.69) is 31.6 Å². The number of nitro benzene ring substituents is 1. The van der Waals surface area contributed by atoms with Crippen LogP contribution in [0.25, 0.3) is 0 Å². The first-order valence-corrected chi connectivity index (χ1v) is 9.19. The van der Waals surface area contributed by atoms with Gasteiger partial charge in [-0.1, -0.05) is 24.3 Å². The second-order valence-corrected chi connectivity index (χ2v) is 6.78. The number of ether oxygens (including phenoxy) is 1. The van der Waals surface area contributed by atoms with Gasteiger partial charge in [0.05, 0.1) is 29.3 Å². The van der Waals surface area contributed by atoms with Crippen molar-refractivity contribution in [3.63, 3.8) is 0 Å². The lowest BCUT2D eigenvalue weighted by atomic mass is 10.2. The number of amides is 1. The van der Waals surface area contributed by atoms with Gasteiger partial charge in [-0.3, -0.25) is 19.6 Å². The molecule has 0 bridgehead atoms. The van der Waals surface area contributed by atoms with Crippen molar-refractivity contribution in [2.45, 2.75) is 6.54 Å². The minimum absolute atomic E-state index is 0.0179. The van der Waals surface area contributed by atoms with E-state index in [-0.39, 0.29) is 11.4 Å². The molecule has 0 saturated heterocycles. The van der Waals surface area contributed by atoms with E-state index in [9.17, 15) is 14.9 Å². The van der Waals surface area contributed by atoms with Gasteiger partial charge in [-0.2, -0.15) is 10.2 Å². The lowest BCUT2D eigenvalue weighted by Crippen LogP contribution is -2.19. The van der Waals surface area contributed by atoms with Gasteiger partial charge in [0.2, 0.25) is 0 Å². The normalized spacial score (nSPS) is 10.8. The molecule has 0 saturated carbocycles. The molecule has 1 aromatic heterocycles. The van der Waals surface area contributed by atoms with Crippen LogP contribution in [0.3, 0.4) is 0 Å². The molecular formula is C19H16BrN5O4. The van der Waals surface area contributed by atoms with Gasteiger partial charge in [-0.15, -0.1) is 0 Å². The second kappa shape index (κ2) is 9.11. The summed E-state index contributed by atoms with van der Waals surface area (Å²) < 4.78 is 7.21. The Morgan fingerprint density at radius 2 is 2.10 bits per heavy atom. The second-order valence-electron chi connectivity index (χ2n) is 5.92. The molecule has 0 aliphatic heterocycles. The number of halogens is 1. The van der Waals surface area contributed by atoms with Crippen molar-refractivity contribution in [1.29, 1.82) is 0 Å². The van der Waals surface area contributed by atoms with Crippen LogP contribution in [-0.4, -0.2) is 33.9 Å². The lowest BCUT2D eigenvalue weighted by Gasteiger charge is -2.02. The van der Waals surface area contributed by atoms with Crippen molar-refractivity contribution in [1.82, 2.24) is 15.2 Å². The van der Waals surface area contributed by atoms with Gasteiger partial charge in [-0.05, 0) is 39.2 Å². The van der Waals surface area contributed by atoms with E-state index in [1.165, 1.54) is 18.3 Å². The molecule has 3 aromatic rings. The van der Waals surface area contributed by atoms with E-state index in [4.69, 9.17) is 4.74 Å². The monoisotopic (exact) mass is 457 g/mol. The van der Waals surface area contributed by atoms with E-state index >= 15 is 0 Å². The fraction of sp³-hybridized carbons (Fsp3) is 0.105. The molecule has 10 heteroatoms. The van der Waals surface area contributed by atoms with Crippen LogP contribution in [0.1, 0.15) is 21.6 Å². The summed E-state index contributed by atoms with van der Waals surface area (Å²) in [5.74, 6) is 0.214. The fourth-order valence-corrected chi connectivity index (χ4v) is 2.98. The first kappa shape index (κ1) is 20.2. The number of hydrogen-bond donors (Lipinski definition) is 1. The summed E-state index contributed by atoms with van der Waals surface area (Å²) in [7, 11) is 1.57. The minimum atomic E-state index is -0.474. The number of nitrogens with zero attached hydrogens (tertiary/aromatic N) is 4. The third kappa shape index (κ3) is 5.26. The average molecular weight is 458 g/mol. The summed E-state index contributed by atoms with van der Waals surface area (Å²) in [5.41, 5.74) is 4.21. The number of nitrogens with one attached hydrogen (secondary N) is 1. The van der Waals surface area contributed by atoms with Crippen LogP contribution in [0.4, 0.5) is 5.69 Å². The van der Waals surface area contributed by atoms with Gasteiger partial charge in [0, 0.05) is 18.3 Å². The number of carbonyl (C=O) groups is 1. The number of nitro groups is 1. The number of benzene rings is 2. The summed E-state index contributed by atoms with van der Waals surface area (Å²) in [6.07, 6.45) is 3.16. The van der Waals surface area contributed by atoms with Crippen LogP contribution in [-0.2, 0) is 6.54 Å². The molecule has 29 heavy (non-hydrogen) atoms. The third-order valence-corrected chi connectivity index (χ3v) is 4.48. The summed E-state index contributed by atoms with van der Waals surface area (Å²) in [5, 5.41) is 18.9. The summed E-state index contributed by atoms with van der Waals surface area (Å²) in [4.78, 5) is 22.6. The van der Waals surface area contributed by atoms with Crippen LogP contribution >= 0.6 is 15.9 Å². The highest BCUT2D eigenvalue weighted by Gasteiger charge is 2.15. The van der Waals surface area contributed by atoms with Crippen molar-refractivity contribution < 1.29 is 14.5 Å². The maximum Gasteiger partial charge on any atom is 0.293 e. The molecule has 1 amide bonds. The SMILES string of the molecule is COc1cccc(/C=N/NC(=O)c2nn(Cc3ccc([N+](=O)[O-])cc3)cc2Br)c1. The zero-order valence-corrected chi connectivity index (χ0v) is 16.9. The summed E-state index contributed by atoms with van der Waals surface area (Å²) >= 11 is 3.32. The van der Waals surface area contributed by atoms with Gasteiger partial charge >= 0.3 is 0 Å². The van der Waals surface area contributed by atoms with Gasteiger partial charge in [0.25, 0.3) is 11.6 Å². The quantitative estimate of drug-likeness (QED) is 0.332. The standard InChI is InChI=1S/C19H16BrN5O4/c1-29-16-4-2-3-14(9-16)10-21-22-19(26)18-17(20)12-24(23-18)11-13-5-7-15(8-6-13)25(27)28/h2-10,12H,11H2,1H3,(H,22,26)/b21-10+. The lowest BCUT2D eigenvalue weighted by molar-refractivity contribution is -0.384. The number of aromatic nitrogens is 2. The summed E-state index contributed by atoms with van der Waals surface area (Å²) in [6, 6.07) is 13.4. The van der Waals surface area contributed by atoms with Crippen molar-refractivity contribution in [2.24, 2.45) is 5.10 Å². The zero-order valence-electron chi connectivity index (χ0n) is 15.3. The average Bonchev–Trinajstić information content (AvgIpc) is 3.08.